The number of carboxylic acid groups (broad SMARTS) is 1. The zero-order valence-electron chi connectivity index (χ0n) is 22.2. The number of aliphatic carboxylic acids is 1. The quantitative estimate of drug-likeness (QED) is 0.206. The van der Waals surface area contributed by atoms with Crippen molar-refractivity contribution in [2.24, 2.45) is 23.5 Å². The predicted octanol–water partition coefficient (Wildman–Crippen LogP) is 2.29. The lowest BCUT2D eigenvalue weighted by atomic mass is 9.81. The van der Waals surface area contributed by atoms with Gasteiger partial charge in [-0.2, -0.15) is 5.48 Å². The Morgan fingerprint density at radius 3 is 2.28 bits per heavy atom. The molecule has 0 spiro atoms. The second-order valence-electron chi connectivity index (χ2n) is 10.2. The molecule has 0 aliphatic heterocycles. The third-order valence-electron chi connectivity index (χ3n) is 5.77. The molecule has 0 saturated carbocycles. The molecule has 0 fully saturated rings. The van der Waals surface area contributed by atoms with Crippen molar-refractivity contribution in [2.45, 2.75) is 72.1 Å². The van der Waals surface area contributed by atoms with E-state index >= 15 is 0 Å². The van der Waals surface area contributed by atoms with Gasteiger partial charge in [-0.1, -0.05) is 19.9 Å². The average molecular weight is 509 g/mol. The van der Waals surface area contributed by atoms with Crippen LogP contribution in [0.15, 0.2) is 23.8 Å². The Hall–Kier alpha value is -2.91. The third kappa shape index (κ3) is 9.99. The Kier molecular flexibility index (Phi) is 12.1. The van der Waals surface area contributed by atoms with E-state index in [4.69, 9.17) is 20.0 Å². The number of methoxy groups -OCH3 is 1. The van der Waals surface area contributed by atoms with Gasteiger partial charge < -0.3 is 25.4 Å². The maximum atomic E-state index is 11.6. The van der Waals surface area contributed by atoms with Crippen molar-refractivity contribution in [3.63, 3.8) is 0 Å². The second kappa shape index (κ2) is 14.0. The Bertz CT molecular complexity index is 934. The van der Waals surface area contributed by atoms with Gasteiger partial charge in [0.25, 0.3) is 5.91 Å². The van der Waals surface area contributed by atoms with Crippen LogP contribution in [0, 0.1) is 17.8 Å². The highest BCUT2D eigenvalue weighted by Crippen LogP contribution is 2.32. The average Bonchev–Trinajstić information content (AvgIpc) is 2.78. The summed E-state index contributed by atoms with van der Waals surface area (Å²) in [4.78, 5) is 39.9. The zero-order chi connectivity index (χ0) is 27.6. The number of rotatable bonds is 15. The Labute approximate surface area is 212 Å². The van der Waals surface area contributed by atoms with Gasteiger partial charge in [0.15, 0.2) is 18.1 Å². The number of carbonyl (C=O) groups is 2. The van der Waals surface area contributed by atoms with Gasteiger partial charge in [0.1, 0.15) is 12.0 Å². The molecule has 0 aliphatic carbocycles. The minimum atomic E-state index is -1.43. The summed E-state index contributed by atoms with van der Waals surface area (Å²) in [7, 11) is 1.49. The van der Waals surface area contributed by atoms with Crippen molar-refractivity contribution in [3.8, 4) is 11.5 Å². The highest BCUT2D eigenvalue weighted by atomic mass is 16.7. The maximum absolute atomic E-state index is 11.6. The number of aliphatic hydroxyl groups is 1. The standard InChI is InChI=1S/C26H40N2O8/c1-15(2)18(10-17-8-9-21(34-7)22(11-17)35-14-23(27)30)12-20(28-36-26(4,5)6)24(31)19(13-29)16(3)25(32)33/h8-9,11,15-16,18,20,24,28,31H,10,12,14H2,1-7H3,(H2,27,30)(H,32,33)/t16-,18+,20+,24+/m1/s1. The minimum Gasteiger partial charge on any atom is -0.493 e. The van der Waals surface area contributed by atoms with Gasteiger partial charge >= 0.3 is 5.97 Å². The van der Waals surface area contributed by atoms with Crippen LogP contribution in [-0.2, 0) is 25.6 Å². The number of nitrogens with one attached hydrogen (secondary N) is 1. The van der Waals surface area contributed by atoms with Gasteiger partial charge in [-0.05, 0) is 70.1 Å². The molecule has 0 saturated heterocycles. The molecule has 1 amide bonds. The van der Waals surface area contributed by atoms with E-state index in [-0.39, 0.29) is 24.0 Å². The van der Waals surface area contributed by atoms with E-state index in [0.29, 0.717) is 24.3 Å². The third-order valence-corrected chi connectivity index (χ3v) is 5.77. The molecule has 4 atom stereocenters. The largest absolute Gasteiger partial charge is 0.493 e. The van der Waals surface area contributed by atoms with E-state index in [1.54, 1.807) is 18.1 Å². The van der Waals surface area contributed by atoms with E-state index in [2.05, 4.69) is 5.48 Å². The predicted molar refractivity (Wildman–Crippen MR) is 134 cm³/mol. The lowest BCUT2D eigenvalue weighted by Gasteiger charge is -2.33. The van der Waals surface area contributed by atoms with Gasteiger partial charge in [-0.25, -0.2) is 4.79 Å². The summed E-state index contributed by atoms with van der Waals surface area (Å²) < 4.78 is 10.8. The van der Waals surface area contributed by atoms with Crippen LogP contribution < -0.4 is 20.7 Å². The van der Waals surface area contributed by atoms with Crippen LogP contribution in [0.1, 0.15) is 53.5 Å². The topological polar surface area (TPSA) is 157 Å². The fourth-order valence-electron chi connectivity index (χ4n) is 3.58. The first-order valence-electron chi connectivity index (χ1n) is 11.9. The number of carboxylic acids is 1. The number of amides is 1. The summed E-state index contributed by atoms with van der Waals surface area (Å²) in [5.41, 5.74) is 8.09. The second-order valence-corrected chi connectivity index (χ2v) is 10.2. The number of nitrogens with two attached hydrogens (primary N) is 1. The summed E-state index contributed by atoms with van der Waals surface area (Å²) in [5.74, 6) is -0.464. The van der Waals surface area contributed by atoms with Crippen LogP contribution in [0.4, 0.5) is 0 Å². The molecule has 0 unspecified atom stereocenters. The molecule has 0 aliphatic rings. The summed E-state index contributed by atoms with van der Waals surface area (Å²) in [6.07, 6.45) is -0.512. The zero-order valence-corrected chi connectivity index (χ0v) is 22.2. The molecule has 0 heterocycles. The molecule has 36 heavy (non-hydrogen) atoms. The maximum Gasteiger partial charge on any atom is 0.311 e. The van der Waals surface area contributed by atoms with Crippen LogP contribution in [-0.4, -0.2) is 59.5 Å². The number of primary amides is 1. The molecule has 5 N–H and O–H groups in total. The Morgan fingerprint density at radius 1 is 1.17 bits per heavy atom. The van der Waals surface area contributed by atoms with Crippen molar-refractivity contribution >= 4 is 17.8 Å². The molecule has 0 aromatic heterocycles. The lowest BCUT2D eigenvalue weighted by Crippen LogP contribution is -2.47. The van der Waals surface area contributed by atoms with Crippen LogP contribution in [0.3, 0.4) is 0 Å². The van der Waals surface area contributed by atoms with Crippen molar-refractivity contribution in [2.75, 3.05) is 13.7 Å². The molecule has 0 radical (unpaired) electrons. The van der Waals surface area contributed by atoms with Crippen LogP contribution in [0.2, 0.25) is 0 Å². The highest BCUT2D eigenvalue weighted by Gasteiger charge is 2.34. The number of hydrogen-bond acceptors (Lipinski definition) is 8. The Balaban J connectivity index is 3.25. The highest BCUT2D eigenvalue weighted by molar-refractivity contribution is 5.77. The van der Waals surface area contributed by atoms with Crippen molar-refractivity contribution in [3.05, 3.63) is 29.3 Å². The number of carbonyl (C=O) groups excluding carboxylic acids is 2. The fourth-order valence-corrected chi connectivity index (χ4v) is 3.58. The van der Waals surface area contributed by atoms with Crippen LogP contribution in [0.25, 0.3) is 0 Å². The summed E-state index contributed by atoms with van der Waals surface area (Å²) in [5, 5.41) is 20.4. The molecule has 10 nitrogen and oxygen atoms in total. The molecular weight excluding hydrogens is 468 g/mol. The van der Waals surface area contributed by atoms with Gasteiger partial charge in [-0.3, -0.25) is 14.4 Å². The fraction of sp³-hybridized carbons (Fsp3) is 0.615. The first-order valence-corrected chi connectivity index (χ1v) is 11.9. The van der Waals surface area contributed by atoms with Crippen molar-refractivity contribution in [1.29, 1.82) is 0 Å². The lowest BCUT2D eigenvalue weighted by molar-refractivity contribution is -0.140. The number of aliphatic hydroxyl groups excluding tert-OH is 1. The summed E-state index contributed by atoms with van der Waals surface area (Å²) in [6, 6.07) is 4.60. The molecule has 1 rings (SSSR count). The first-order chi connectivity index (χ1) is 16.7. The molecule has 1 aromatic carbocycles. The van der Waals surface area contributed by atoms with E-state index in [1.165, 1.54) is 14.0 Å². The summed E-state index contributed by atoms with van der Waals surface area (Å²) >= 11 is 0. The minimum absolute atomic E-state index is 0.0221. The van der Waals surface area contributed by atoms with Gasteiger partial charge in [0.05, 0.1) is 30.2 Å². The molecule has 1 aromatic rings. The van der Waals surface area contributed by atoms with Crippen LogP contribution in [0.5, 0.6) is 11.5 Å². The molecule has 10 heteroatoms. The SMILES string of the molecule is COc1ccc(C[C@@H](C[C@H](NOC(C)(C)C)[C@@H](O)C(=C=O)[C@@H](C)C(=O)O)C(C)C)cc1OCC(N)=O. The van der Waals surface area contributed by atoms with E-state index in [1.807, 2.05) is 40.7 Å². The monoisotopic (exact) mass is 508 g/mol. The number of benzene rings is 1. The van der Waals surface area contributed by atoms with Crippen molar-refractivity contribution in [1.82, 2.24) is 5.48 Å². The number of hydrogen-bond donors (Lipinski definition) is 4. The number of hydroxylamine groups is 1. The summed E-state index contributed by atoms with van der Waals surface area (Å²) in [6.45, 7) is 10.6. The van der Waals surface area contributed by atoms with E-state index in [9.17, 15) is 24.6 Å². The van der Waals surface area contributed by atoms with Crippen LogP contribution >= 0.6 is 0 Å². The smallest absolute Gasteiger partial charge is 0.311 e. The van der Waals surface area contributed by atoms with E-state index in [0.717, 1.165) is 5.56 Å². The van der Waals surface area contributed by atoms with E-state index < -0.39 is 35.5 Å². The van der Waals surface area contributed by atoms with Crippen molar-refractivity contribution < 1.29 is 38.9 Å². The van der Waals surface area contributed by atoms with Gasteiger partial charge in [0.2, 0.25) is 0 Å². The molecule has 0 bridgehead atoms. The number of ether oxygens (including phenoxy) is 2. The van der Waals surface area contributed by atoms with Gasteiger partial charge in [-0.15, -0.1) is 0 Å². The molecule has 202 valence electrons. The Morgan fingerprint density at radius 2 is 1.81 bits per heavy atom. The molecular formula is C26H40N2O8. The normalized spacial score (nSPS) is 14.9. The van der Waals surface area contributed by atoms with Gasteiger partial charge in [0, 0.05) is 0 Å². The first kappa shape index (κ1) is 31.1.